The Morgan fingerprint density at radius 3 is 2.06 bits per heavy atom. The van der Waals surface area contributed by atoms with E-state index >= 15 is 0 Å². The van der Waals surface area contributed by atoms with Gasteiger partial charge in [0.25, 0.3) is 0 Å². The van der Waals surface area contributed by atoms with Crippen LogP contribution in [0.15, 0.2) is 23.1 Å². The summed E-state index contributed by atoms with van der Waals surface area (Å²) >= 11 is 0. The lowest BCUT2D eigenvalue weighted by atomic mass is 9.92. The fraction of sp³-hybridized carbons (Fsp3) is 0.652. The molecule has 0 aromatic heterocycles. The number of rotatable bonds is 6. The van der Waals surface area contributed by atoms with Crippen LogP contribution in [0.2, 0.25) is 0 Å². The molecular weight excluding hydrogens is 452 g/mol. The van der Waals surface area contributed by atoms with Crippen LogP contribution in [0.4, 0.5) is 8.78 Å². The van der Waals surface area contributed by atoms with E-state index in [1.165, 1.54) is 4.31 Å². The third-order valence-electron chi connectivity index (χ3n) is 6.88. The molecule has 3 rings (SSSR count). The highest BCUT2D eigenvalue weighted by atomic mass is 32.2. The number of hydrogen-bond donors (Lipinski definition) is 1. The molecule has 2 fully saturated rings. The van der Waals surface area contributed by atoms with Gasteiger partial charge in [0.1, 0.15) is 0 Å². The van der Waals surface area contributed by atoms with Crippen molar-refractivity contribution < 1.29 is 26.8 Å². The number of benzene rings is 1. The molecule has 10 heteroatoms. The summed E-state index contributed by atoms with van der Waals surface area (Å²) < 4.78 is 53.4. The highest BCUT2D eigenvalue weighted by Gasteiger charge is 2.36. The summed E-state index contributed by atoms with van der Waals surface area (Å²) in [5.74, 6) is -2.31. The number of nitrogens with zero attached hydrogens (tertiary/aromatic N) is 2. The Bertz CT molecular complexity index is 970. The molecule has 0 spiro atoms. The Labute approximate surface area is 194 Å². The van der Waals surface area contributed by atoms with Gasteiger partial charge in [-0.25, -0.2) is 17.2 Å². The third kappa shape index (κ3) is 5.90. The maximum atomic E-state index is 13.5. The molecule has 2 amide bonds. The van der Waals surface area contributed by atoms with Gasteiger partial charge in [-0.05, 0) is 56.7 Å². The Morgan fingerprint density at radius 2 is 1.52 bits per heavy atom. The molecule has 1 atom stereocenters. The summed E-state index contributed by atoms with van der Waals surface area (Å²) in [5, 5.41) is 3.05. The summed E-state index contributed by atoms with van der Waals surface area (Å²) in [5.41, 5.74) is 0. The van der Waals surface area contributed by atoms with E-state index in [1.807, 2.05) is 6.92 Å². The standard InChI is InChI=1S/C23H33F2N3O4S/c1-15(2)16(3)26-22(29)17-6-10-27(11-7-17)23(30)18-8-12-28(13-9-18)33(31,32)19-4-5-20(24)21(25)14-19/h4-5,14-18H,6-13H2,1-3H3,(H,26,29). The van der Waals surface area contributed by atoms with Gasteiger partial charge in [-0.1, -0.05) is 13.8 Å². The Morgan fingerprint density at radius 1 is 0.939 bits per heavy atom. The second-order valence-electron chi connectivity index (χ2n) is 9.40. The second kappa shape index (κ2) is 10.5. The first-order valence-electron chi connectivity index (χ1n) is 11.5. The Hall–Kier alpha value is -2.07. The van der Waals surface area contributed by atoms with E-state index < -0.39 is 21.7 Å². The number of hydrogen-bond acceptors (Lipinski definition) is 4. The van der Waals surface area contributed by atoms with Crippen molar-refractivity contribution in [3.8, 4) is 0 Å². The first kappa shape index (κ1) is 25.6. The van der Waals surface area contributed by atoms with E-state index in [-0.39, 0.29) is 47.7 Å². The molecule has 1 aromatic carbocycles. The fourth-order valence-electron chi connectivity index (χ4n) is 4.26. The van der Waals surface area contributed by atoms with Gasteiger partial charge in [0, 0.05) is 44.1 Å². The summed E-state index contributed by atoms with van der Waals surface area (Å²) in [6, 6.07) is 2.63. The van der Waals surface area contributed by atoms with Crippen LogP contribution in [0.5, 0.6) is 0 Å². The molecule has 0 aliphatic carbocycles. The van der Waals surface area contributed by atoms with Gasteiger partial charge >= 0.3 is 0 Å². The van der Waals surface area contributed by atoms with Crippen LogP contribution in [0.25, 0.3) is 0 Å². The lowest BCUT2D eigenvalue weighted by molar-refractivity contribution is -0.140. The molecule has 0 radical (unpaired) electrons. The Kier molecular flexibility index (Phi) is 8.10. The zero-order chi connectivity index (χ0) is 24.3. The lowest BCUT2D eigenvalue weighted by Crippen LogP contribution is -2.49. The molecule has 184 valence electrons. The molecule has 2 heterocycles. The highest BCUT2D eigenvalue weighted by molar-refractivity contribution is 7.89. The molecule has 2 aliphatic rings. The van der Waals surface area contributed by atoms with E-state index in [0.29, 0.717) is 50.8 Å². The van der Waals surface area contributed by atoms with Crippen LogP contribution in [0.1, 0.15) is 46.5 Å². The first-order valence-corrected chi connectivity index (χ1v) is 13.0. The minimum atomic E-state index is -3.95. The van der Waals surface area contributed by atoms with Crippen LogP contribution in [-0.2, 0) is 19.6 Å². The van der Waals surface area contributed by atoms with Crippen molar-refractivity contribution in [1.29, 1.82) is 0 Å². The molecule has 1 aromatic rings. The first-order chi connectivity index (χ1) is 15.5. The Balaban J connectivity index is 1.51. The molecule has 2 saturated heterocycles. The number of halogens is 2. The number of piperidine rings is 2. The zero-order valence-electron chi connectivity index (χ0n) is 19.4. The summed E-state index contributed by atoms with van der Waals surface area (Å²) in [4.78, 5) is 26.9. The molecule has 7 nitrogen and oxygen atoms in total. The van der Waals surface area contributed by atoms with Gasteiger partial charge in [0.15, 0.2) is 11.6 Å². The van der Waals surface area contributed by atoms with Crippen LogP contribution >= 0.6 is 0 Å². The lowest BCUT2D eigenvalue weighted by Gasteiger charge is -2.37. The molecule has 0 bridgehead atoms. The average molecular weight is 486 g/mol. The average Bonchev–Trinajstić information content (AvgIpc) is 2.80. The van der Waals surface area contributed by atoms with E-state index in [0.717, 1.165) is 12.1 Å². The predicted molar refractivity (Wildman–Crippen MR) is 120 cm³/mol. The maximum absolute atomic E-state index is 13.5. The highest BCUT2D eigenvalue weighted by Crippen LogP contribution is 2.27. The van der Waals surface area contributed by atoms with Crippen molar-refractivity contribution in [2.75, 3.05) is 26.2 Å². The van der Waals surface area contributed by atoms with E-state index in [9.17, 15) is 26.8 Å². The fourth-order valence-corrected chi connectivity index (χ4v) is 5.74. The molecule has 33 heavy (non-hydrogen) atoms. The molecule has 1 N–H and O–H groups in total. The SMILES string of the molecule is CC(C)C(C)NC(=O)C1CCN(C(=O)C2CCN(S(=O)(=O)c3ccc(F)c(F)c3)CC2)CC1. The van der Waals surface area contributed by atoms with Crippen LogP contribution < -0.4 is 5.32 Å². The van der Waals surface area contributed by atoms with Crippen molar-refractivity contribution >= 4 is 21.8 Å². The number of likely N-dealkylation sites (tertiary alicyclic amines) is 1. The minimum absolute atomic E-state index is 0.00530. The van der Waals surface area contributed by atoms with Gasteiger partial charge in [-0.15, -0.1) is 0 Å². The van der Waals surface area contributed by atoms with Gasteiger partial charge in [0.2, 0.25) is 21.8 Å². The molecule has 0 saturated carbocycles. The summed E-state index contributed by atoms with van der Waals surface area (Å²) in [7, 11) is -3.95. The van der Waals surface area contributed by atoms with Crippen molar-refractivity contribution in [3.05, 3.63) is 29.8 Å². The van der Waals surface area contributed by atoms with Crippen LogP contribution in [-0.4, -0.2) is 61.7 Å². The van der Waals surface area contributed by atoms with E-state index in [2.05, 4.69) is 19.2 Å². The number of carbonyl (C=O) groups excluding carboxylic acids is 2. The van der Waals surface area contributed by atoms with Crippen molar-refractivity contribution in [1.82, 2.24) is 14.5 Å². The zero-order valence-corrected chi connectivity index (χ0v) is 20.2. The van der Waals surface area contributed by atoms with E-state index in [1.54, 1.807) is 4.90 Å². The van der Waals surface area contributed by atoms with Gasteiger partial charge in [-0.2, -0.15) is 4.31 Å². The third-order valence-corrected chi connectivity index (χ3v) is 8.77. The summed E-state index contributed by atoms with van der Waals surface area (Å²) in [6.45, 7) is 7.41. The van der Waals surface area contributed by atoms with Crippen LogP contribution in [0, 0.1) is 29.4 Å². The van der Waals surface area contributed by atoms with Crippen molar-refractivity contribution in [2.24, 2.45) is 17.8 Å². The minimum Gasteiger partial charge on any atom is -0.353 e. The number of amides is 2. The van der Waals surface area contributed by atoms with Gasteiger partial charge in [0.05, 0.1) is 4.90 Å². The van der Waals surface area contributed by atoms with Gasteiger partial charge in [-0.3, -0.25) is 9.59 Å². The van der Waals surface area contributed by atoms with Crippen molar-refractivity contribution in [3.63, 3.8) is 0 Å². The quantitative estimate of drug-likeness (QED) is 0.671. The molecule has 1 unspecified atom stereocenters. The number of carbonyl (C=O) groups is 2. The second-order valence-corrected chi connectivity index (χ2v) is 11.3. The van der Waals surface area contributed by atoms with Crippen molar-refractivity contribution in [2.45, 2.75) is 57.4 Å². The van der Waals surface area contributed by atoms with Gasteiger partial charge < -0.3 is 10.2 Å². The largest absolute Gasteiger partial charge is 0.353 e. The normalized spacial score (nSPS) is 20.1. The smallest absolute Gasteiger partial charge is 0.243 e. The monoisotopic (exact) mass is 485 g/mol. The summed E-state index contributed by atoms with van der Waals surface area (Å²) in [6.07, 6.45) is 1.97. The maximum Gasteiger partial charge on any atom is 0.243 e. The number of sulfonamides is 1. The predicted octanol–water partition coefficient (Wildman–Crippen LogP) is 2.76. The van der Waals surface area contributed by atoms with Crippen LogP contribution in [0.3, 0.4) is 0 Å². The topological polar surface area (TPSA) is 86.8 Å². The molecular formula is C23H33F2N3O4S. The van der Waals surface area contributed by atoms with E-state index in [4.69, 9.17) is 0 Å². The molecule has 2 aliphatic heterocycles. The number of nitrogens with one attached hydrogen (secondary N) is 1.